The maximum Gasteiger partial charge on any atom is 0.248 e. The third kappa shape index (κ3) is 5.84. The number of carbonyl (C=O) groups excluding carboxylic acids is 2. The second-order valence-corrected chi connectivity index (χ2v) is 9.44. The molecule has 0 radical (unpaired) electrons. The molecule has 6 nitrogen and oxygen atoms in total. The molecule has 2 amide bonds. The van der Waals surface area contributed by atoms with E-state index in [2.05, 4.69) is 10.9 Å². The zero-order valence-corrected chi connectivity index (χ0v) is 15.7. The summed E-state index contributed by atoms with van der Waals surface area (Å²) in [6.07, 6.45) is 0.549. The SMILES string of the molecule is O=C(CSc1c(Cl)cccc1Cl)NNC(=O)C[C@H]1CCS(=O)(=O)C1. The molecule has 1 fully saturated rings. The van der Waals surface area contributed by atoms with Crippen molar-refractivity contribution >= 4 is 56.6 Å². The van der Waals surface area contributed by atoms with Crippen molar-refractivity contribution in [1.29, 1.82) is 0 Å². The van der Waals surface area contributed by atoms with Crippen molar-refractivity contribution in [2.75, 3.05) is 17.3 Å². The van der Waals surface area contributed by atoms with Crippen molar-refractivity contribution in [2.24, 2.45) is 5.92 Å². The molecule has 1 aliphatic heterocycles. The summed E-state index contributed by atoms with van der Waals surface area (Å²) in [5, 5.41) is 0.901. The highest BCUT2D eigenvalue weighted by molar-refractivity contribution is 8.00. The third-order valence-corrected chi connectivity index (χ3v) is 7.23. The number of carbonyl (C=O) groups is 2. The van der Waals surface area contributed by atoms with E-state index in [1.54, 1.807) is 18.2 Å². The van der Waals surface area contributed by atoms with Crippen molar-refractivity contribution < 1.29 is 18.0 Å². The van der Waals surface area contributed by atoms with Crippen LogP contribution in [-0.4, -0.2) is 37.5 Å². The molecule has 10 heteroatoms. The number of hydrazine groups is 1. The van der Waals surface area contributed by atoms with E-state index in [0.717, 1.165) is 11.8 Å². The van der Waals surface area contributed by atoms with Crippen molar-refractivity contribution in [3.05, 3.63) is 28.2 Å². The van der Waals surface area contributed by atoms with Crippen LogP contribution in [0.15, 0.2) is 23.1 Å². The van der Waals surface area contributed by atoms with E-state index in [0.29, 0.717) is 21.4 Å². The zero-order chi connectivity index (χ0) is 17.7. The average Bonchev–Trinajstić information content (AvgIpc) is 2.83. The highest BCUT2D eigenvalue weighted by Gasteiger charge is 2.29. The minimum atomic E-state index is -3.02. The topological polar surface area (TPSA) is 92.3 Å². The molecule has 2 N–H and O–H groups in total. The molecule has 0 unspecified atom stereocenters. The molecule has 1 aliphatic rings. The molecule has 132 valence electrons. The Hall–Kier alpha value is -0.960. The second-order valence-electron chi connectivity index (χ2n) is 5.41. The van der Waals surface area contributed by atoms with E-state index in [1.807, 2.05) is 0 Å². The lowest BCUT2D eigenvalue weighted by Crippen LogP contribution is -2.43. The molecular weight excluding hydrogens is 395 g/mol. The van der Waals surface area contributed by atoms with Crippen LogP contribution < -0.4 is 10.9 Å². The first-order valence-corrected chi connectivity index (χ1v) is 10.7. The molecule has 1 saturated heterocycles. The van der Waals surface area contributed by atoms with Crippen LogP contribution in [0, 0.1) is 5.92 Å². The van der Waals surface area contributed by atoms with Crippen molar-refractivity contribution in [3.63, 3.8) is 0 Å². The maximum absolute atomic E-state index is 11.8. The van der Waals surface area contributed by atoms with Crippen LogP contribution in [0.3, 0.4) is 0 Å². The number of amides is 2. The number of hydrogen-bond acceptors (Lipinski definition) is 5. The second kappa shape index (κ2) is 8.42. The first kappa shape index (κ1) is 19.4. The van der Waals surface area contributed by atoms with Gasteiger partial charge in [0.05, 0.1) is 27.3 Å². The summed E-state index contributed by atoms with van der Waals surface area (Å²) in [6.45, 7) is 0. The smallest absolute Gasteiger partial charge is 0.248 e. The van der Waals surface area contributed by atoms with Gasteiger partial charge in [0.1, 0.15) is 0 Å². The quantitative estimate of drug-likeness (QED) is 0.572. The molecule has 0 spiro atoms. The van der Waals surface area contributed by atoms with Gasteiger partial charge in [0.15, 0.2) is 9.84 Å². The number of thioether (sulfide) groups is 1. The molecule has 1 atom stereocenters. The van der Waals surface area contributed by atoms with Gasteiger partial charge >= 0.3 is 0 Å². The first-order valence-electron chi connectivity index (χ1n) is 7.12. The lowest BCUT2D eigenvalue weighted by atomic mass is 10.1. The molecule has 0 bridgehead atoms. The first-order chi connectivity index (χ1) is 11.3. The minimum absolute atomic E-state index is 0.0230. The Kier molecular flexibility index (Phi) is 6.79. The van der Waals surface area contributed by atoms with Gasteiger partial charge in [-0.25, -0.2) is 8.42 Å². The maximum atomic E-state index is 11.8. The number of benzene rings is 1. The van der Waals surface area contributed by atoms with Crippen LogP contribution in [0.4, 0.5) is 0 Å². The molecule has 1 heterocycles. The fourth-order valence-electron chi connectivity index (χ4n) is 2.28. The molecular formula is C14H16Cl2N2O4S2. The van der Waals surface area contributed by atoms with E-state index in [1.165, 1.54) is 0 Å². The predicted molar refractivity (Wildman–Crippen MR) is 94.8 cm³/mol. The molecule has 2 rings (SSSR count). The number of nitrogens with one attached hydrogen (secondary N) is 2. The Labute approximate surface area is 154 Å². The summed E-state index contributed by atoms with van der Waals surface area (Å²) >= 11 is 13.2. The fourth-order valence-corrected chi connectivity index (χ4v) is 5.63. The molecule has 0 saturated carbocycles. The lowest BCUT2D eigenvalue weighted by molar-refractivity contribution is -0.128. The summed E-state index contributed by atoms with van der Waals surface area (Å²) < 4.78 is 22.7. The minimum Gasteiger partial charge on any atom is -0.273 e. The Morgan fingerprint density at radius 3 is 2.38 bits per heavy atom. The van der Waals surface area contributed by atoms with Gasteiger partial charge in [-0.2, -0.15) is 0 Å². The molecule has 1 aromatic carbocycles. The highest BCUT2D eigenvalue weighted by Crippen LogP contribution is 2.33. The molecule has 24 heavy (non-hydrogen) atoms. The summed E-state index contributed by atoms with van der Waals surface area (Å²) in [6, 6.07) is 5.05. The number of halogens is 2. The third-order valence-electron chi connectivity index (χ3n) is 3.41. The van der Waals surface area contributed by atoms with Gasteiger partial charge in [0.2, 0.25) is 11.8 Å². The highest BCUT2D eigenvalue weighted by atomic mass is 35.5. The van der Waals surface area contributed by atoms with Gasteiger partial charge in [0.25, 0.3) is 0 Å². The Morgan fingerprint density at radius 2 is 1.79 bits per heavy atom. The van der Waals surface area contributed by atoms with E-state index >= 15 is 0 Å². The van der Waals surface area contributed by atoms with Crippen molar-refractivity contribution in [2.45, 2.75) is 17.7 Å². The lowest BCUT2D eigenvalue weighted by Gasteiger charge is -2.10. The van der Waals surface area contributed by atoms with Crippen LogP contribution >= 0.6 is 35.0 Å². The van der Waals surface area contributed by atoms with Crippen LogP contribution in [0.1, 0.15) is 12.8 Å². The van der Waals surface area contributed by atoms with Gasteiger partial charge in [-0.1, -0.05) is 29.3 Å². The summed E-state index contributed by atoms with van der Waals surface area (Å²) in [5.74, 6) is -0.846. The van der Waals surface area contributed by atoms with Gasteiger partial charge in [-0.05, 0) is 24.5 Å². The van der Waals surface area contributed by atoms with Gasteiger partial charge in [-0.15, -0.1) is 11.8 Å². The molecule has 1 aromatic rings. The monoisotopic (exact) mass is 410 g/mol. The largest absolute Gasteiger partial charge is 0.273 e. The van der Waals surface area contributed by atoms with E-state index in [4.69, 9.17) is 23.2 Å². The van der Waals surface area contributed by atoms with Gasteiger partial charge in [0, 0.05) is 11.3 Å². The zero-order valence-electron chi connectivity index (χ0n) is 12.6. The fraction of sp³-hybridized carbons (Fsp3) is 0.429. The average molecular weight is 411 g/mol. The van der Waals surface area contributed by atoms with Crippen molar-refractivity contribution in [3.8, 4) is 0 Å². The van der Waals surface area contributed by atoms with Crippen LogP contribution in [0.5, 0.6) is 0 Å². The van der Waals surface area contributed by atoms with E-state index in [-0.39, 0.29) is 29.6 Å². The predicted octanol–water partition coefficient (Wildman–Crippen LogP) is 2.06. The van der Waals surface area contributed by atoms with Crippen LogP contribution in [0.2, 0.25) is 10.0 Å². The van der Waals surface area contributed by atoms with Crippen molar-refractivity contribution in [1.82, 2.24) is 10.9 Å². The Balaban J connectivity index is 1.72. The standard InChI is InChI=1S/C14H16Cl2N2O4S2/c15-10-2-1-3-11(16)14(10)23-7-13(20)18-17-12(19)6-9-4-5-24(21,22)8-9/h1-3,9H,4-8H2,(H,17,19)(H,18,20)/t9-/m1/s1. The number of rotatable bonds is 5. The van der Waals surface area contributed by atoms with E-state index in [9.17, 15) is 18.0 Å². The normalized spacial score (nSPS) is 19.0. The van der Waals surface area contributed by atoms with Gasteiger partial charge < -0.3 is 0 Å². The molecule has 0 aliphatic carbocycles. The summed E-state index contributed by atoms with van der Waals surface area (Å²) in [5.41, 5.74) is 4.58. The summed E-state index contributed by atoms with van der Waals surface area (Å²) in [4.78, 5) is 24.1. The summed E-state index contributed by atoms with van der Waals surface area (Å²) in [7, 11) is -3.02. The molecule has 0 aromatic heterocycles. The number of sulfone groups is 1. The van der Waals surface area contributed by atoms with Gasteiger partial charge in [-0.3, -0.25) is 20.4 Å². The van der Waals surface area contributed by atoms with E-state index < -0.39 is 21.7 Å². The Bertz CT molecular complexity index is 720. The number of hydrogen-bond donors (Lipinski definition) is 2. The van der Waals surface area contributed by atoms with Crippen LogP contribution in [0.25, 0.3) is 0 Å². The van der Waals surface area contributed by atoms with Crippen LogP contribution in [-0.2, 0) is 19.4 Å². The Morgan fingerprint density at radius 1 is 1.17 bits per heavy atom.